The van der Waals surface area contributed by atoms with Crippen molar-refractivity contribution in [2.24, 2.45) is 5.41 Å². The van der Waals surface area contributed by atoms with Crippen molar-refractivity contribution in [3.8, 4) is 5.75 Å². The molecule has 1 heterocycles. The van der Waals surface area contributed by atoms with E-state index in [1.54, 1.807) is 12.1 Å². The fourth-order valence-electron chi connectivity index (χ4n) is 4.70. The summed E-state index contributed by atoms with van der Waals surface area (Å²) in [5.74, 6) is -0.418. The van der Waals surface area contributed by atoms with E-state index in [4.69, 9.17) is 21.4 Å². The lowest BCUT2D eigenvalue weighted by Gasteiger charge is -2.42. The van der Waals surface area contributed by atoms with Gasteiger partial charge in [0, 0.05) is 29.5 Å². The van der Waals surface area contributed by atoms with Crippen molar-refractivity contribution < 1.29 is 23.7 Å². The lowest BCUT2D eigenvalue weighted by Crippen LogP contribution is -2.37. The highest BCUT2D eigenvalue weighted by atomic mass is 35.5. The normalized spacial score (nSPS) is 17.5. The number of carboxylic acids is 1. The molecule has 3 rings (SSSR count). The summed E-state index contributed by atoms with van der Waals surface area (Å²) in [6, 6.07) is 13.3. The number of nitrogens with zero attached hydrogens (tertiary/aromatic N) is 1. The number of carboxylic acid groups (broad SMARTS) is 1. The number of benzene rings is 2. The second-order valence-corrected chi connectivity index (χ2v) is 11.7. The van der Waals surface area contributed by atoms with Crippen LogP contribution >= 0.6 is 22.2 Å². The van der Waals surface area contributed by atoms with Gasteiger partial charge in [0.05, 0.1) is 28.6 Å². The highest BCUT2D eigenvalue weighted by Gasteiger charge is 2.42. The molecular weight excluding hydrogens is 474 g/mol. The molecule has 0 radical (unpaired) electrons. The molecule has 2 aromatic rings. The van der Waals surface area contributed by atoms with Crippen LogP contribution in [-0.4, -0.2) is 39.1 Å². The van der Waals surface area contributed by atoms with Gasteiger partial charge in [0.25, 0.3) is 0 Å². The molecule has 6 nitrogen and oxygen atoms in total. The topological polar surface area (TPSA) is 90.2 Å². The number of ether oxygens (including phenoxy) is 1. The summed E-state index contributed by atoms with van der Waals surface area (Å²) in [6.07, 6.45) is 5.76. The number of para-hydroxylation sites is 1. The number of carbonyl (C=O) groups is 1. The van der Waals surface area contributed by atoms with Crippen LogP contribution in [0, 0.1) is 5.41 Å². The average Bonchev–Trinajstić information content (AvgIpc) is 2.89. The molecule has 0 aromatic heterocycles. The van der Waals surface area contributed by atoms with Crippen LogP contribution in [0.5, 0.6) is 5.75 Å². The molecular formula is C26H36ClNO5S. The molecule has 0 spiro atoms. The van der Waals surface area contributed by atoms with Gasteiger partial charge in [0.2, 0.25) is 0 Å². The molecule has 2 aromatic carbocycles. The number of anilines is 2. The number of fused-ring (bicyclic) bond motifs is 1. The van der Waals surface area contributed by atoms with E-state index < -0.39 is 16.6 Å². The highest BCUT2D eigenvalue weighted by Crippen LogP contribution is 2.62. The molecule has 34 heavy (non-hydrogen) atoms. The van der Waals surface area contributed by atoms with Gasteiger partial charge in [-0.3, -0.25) is 13.9 Å². The van der Waals surface area contributed by atoms with Crippen molar-refractivity contribution in [3.63, 3.8) is 0 Å². The molecule has 8 heteroatoms. The number of aliphatic carboxylic acids is 1. The van der Waals surface area contributed by atoms with Crippen molar-refractivity contribution in [2.45, 2.75) is 63.7 Å². The Morgan fingerprint density at radius 3 is 2.35 bits per heavy atom. The number of halogens is 1. The maximum absolute atomic E-state index is 11.6. The summed E-state index contributed by atoms with van der Waals surface area (Å²) in [5, 5.41) is 9.25. The lowest BCUT2D eigenvalue weighted by atomic mass is 9.79. The molecule has 1 aliphatic heterocycles. The smallest absolute Gasteiger partial charge is 0.306 e. The van der Waals surface area contributed by atoms with Gasteiger partial charge >= 0.3 is 5.97 Å². The quantitative estimate of drug-likeness (QED) is 0.286. The zero-order valence-electron chi connectivity index (χ0n) is 20.0. The Morgan fingerprint density at radius 2 is 1.76 bits per heavy atom. The van der Waals surface area contributed by atoms with E-state index >= 15 is 0 Å². The Hall–Kier alpha value is -1.93. The SMILES string of the molecule is CCCCC1(CCCC)CN(c2ccccc2)c2cc(Cl)c(OCCC(=O)O)cc2S(O)(O)C1. The van der Waals surface area contributed by atoms with E-state index in [2.05, 4.69) is 18.7 Å². The van der Waals surface area contributed by atoms with Crippen molar-refractivity contribution in [2.75, 3.05) is 23.8 Å². The molecule has 188 valence electrons. The summed E-state index contributed by atoms with van der Waals surface area (Å²) in [6.45, 7) is 4.93. The molecule has 0 atom stereocenters. The monoisotopic (exact) mass is 509 g/mol. The molecule has 3 N–H and O–H groups in total. The fraction of sp³-hybridized carbons (Fsp3) is 0.500. The first-order chi connectivity index (χ1) is 16.2. The van der Waals surface area contributed by atoms with Gasteiger partial charge in [-0.15, -0.1) is 0 Å². The molecule has 0 bridgehead atoms. The van der Waals surface area contributed by atoms with Gasteiger partial charge in [-0.2, -0.15) is 10.6 Å². The van der Waals surface area contributed by atoms with Gasteiger partial charge in [-0.05, 0) is 31.0 Å². The minimum Gasteiger partial charge on any atom is -0.491 e. The molecule has 0 saturated carbocycles. The van der Waals surface area contributed by atoms with E-state index in [0.717, 1.165) is 44.2 Å². The van der Waals surface area contributed by atoms with Gasteiger partial charge < -0.3 is 14.7 Å². The highest BCUT2D eigenvalue weighted by molar-refractivity contribution is 8.24. The summed E-state index contributed by atoms with van der Waals surface area (Å²) in [7, 11) is -3.17. The van der Waals surface area contributed by atoms with Crippen LogP contribution < -0.4 is 9.64 Å². The van der Waals surface area contributed by atoms with Crippen LogP contribution in [0.2, 0.25) is 5.02 Å². The number of hydrogen-bond donors (Lipinski definition) is 3. The van der Waals surface area contributed by atoms with Gasteiger partial charge in [0.1, 0.15) is 5.75 Å². The Bertz CT molecular complexity index is 961. The average molecular weight is 510 g/mol. The summed E-state index contributed by atoms with van der Waals surface area (Å²) in [4.78, 5) is 13.5. The first-order valence-electron chi connectivity index (χ1n) is 12.0. The standard InChI is InChI=1S/C26H36ClNO5S/c1-3-5-13-26(14-6-4-2)18-28(20-10-8-7-9-11-20)22-16-21(27)23(33-15-12-25(29)30)17-24(22)34(31,32)19-26/h7-11,16-17,31-32H,3-6,12-15,18-19H2,1-2H3,(H,29,30). The van der Waals surface area contributed by atoms with Crippen molar-refractivity contribution in [1.82, 2.24) is 0 Å². The Balaban J connectivity index is 2.13. The molecule has 0 aliphatic carbocycles. The molecule has 0 saturated heterocycles. The minimum absolute atomic E-state index is 0.0492. The molecule has 0 amide bonds. The van der Waals surface area contributed by atoms with Crippen LogP contribution in [0.4, 0.5) is 11.4 Å². The first kappa shape index (κ1) is 26.7. The van der Waals surface area contributed by atoms with Crippen LogP contribution in [-0.2, 0) is 4.79 Å². The zero-order valence-corrected chi connectivity index (χ0v) is 21.6. The Morgan fingerprint density at radius 1 is 1.12 bits per heavy atom. The third-order valence-electron chi connectivity index (χ3n) is 6.42. The summed E-state index contributed by atoms with van der Waals surface area (Å²) < 4.78 is 28.7. The predicted octanol–water partition coefficient (Wildman–Crippen LogP) is 7.82. The first-order valence-corrected chi connectivity index (χ1v) is 14.1. The maximum atomic E-state index is 11.6. The Kier molecular flexibility index (Phi) is 9.15. The fourth-order valence-corrected chi connectivity index (χ4v) is 7.10. The molecule has 0 fully saturated rings. The van der Waals surface area contributed by atoms with Crippen molar-refractivity contribution >= 4 is 39.5 Å². The van der Waals surface area contributed by atoms with Gasteiger partial charge in [-0.25, -0.2) is 0 Å². The lowest BCUT2D eigenvalue weighted by molar-refractivity contribution is -0.137. The molecule has 0 unspecified atom stereocenters. The summed E-state index contributed by atoms with van der Waals surface area (Å²) in [5.41, 5.74) is 1.36. The third-order valence-corrected chi connectivity index (χ3v) is 8.76. The second kappa shape index (κ2) is 11.7. The van der Waals surface area contributed by atoms with Crippen molar-refractivity contribution in [1.29, 1.82) is 0 Å². The second-order valence-electron chi connectivity index (χ2n) is 9.18. The van der Waals surface area contributed by atoms with Gasteiger partial charge in [0.15, 0.2) is 0 Å². The zero-order chi connectivity index (χ0) is 24.8. The maximum Gasteiger partial charge on any atom is 0.306 e. The van der Waals surface area contributed by atoms with Crippen LogP contribution in [0.3, 0.4) is 0 Å². The van der Waals surface area contributed by atoms with Crippen LogP contribution in [0.15, 0.2) is 47.4 Å². The van der Waals surface area contributed by atoms with E-state index in [9.17, 15) is 13.9 Å². The van der Waals surface area contributed by atoms with Crippen LogP contribution in [0.25, 0.3) is 0 Å². The summed E-state index contributed by atoms with van der Waals surface area (Å²) >= 11 is 6.56. The number of unbranched alkanes of at least 4 members (excludes halogenated alkanes) is 2. The van der Waals surface area contributed by atoms with E-state index in [1.807, 2.05) is 30.3 Å². The minimum atomic E-state index is -3.17. The van der Waals surface area contributed by atoms with Crippen LogP contribution in [0.1, 0.15) is 58.8 Å². The van der Waals surface area contributed by atoms with E-state index in [1.165, 1.54) is 0 Å². The largest absolute Gasteiger partial charge is 0.491 e. The number of rotatable bonds is 11. The third kappa shape index (κ3) is 6.39. The Labute approximate surface area is 209 Å². The van der Waals surface area contributed by atoms with Crippen molar-refractivity contribution in [3.05, 3.63) is 47.5 Å². The van der Waals surface area contributed by atoms with E-state index in [0.29, 0.717) is 22.2 Å². The predicted molar refractivity (Wildman–Crippen MR) is 140 cm³/mol. The molecule has 1 aliphatic rings. The number of hydrogen-bond acceptors (Lipinski definition) is 5. The van der Waals surface area contributed by atoms with E-state index in [-0.39, 0.29) is 29.9 Å². The van der Waals surface area contributed by atoms with Gasteiger partial charge in [-0.1, -0.05) is 69.3 Å².